The molecule has 0 aliphatic rings. The van der Waals surface area contributed by atoms with Crippen LogP contribution in [0.4, 0.5) is 0 Å². The van der Waals surface area contributed by atoms with E-state index in [1.807, 2.05) is 30.5 Å². The molecule has 0 bridgehead atoms. The lowest BCUT2D eigenvalue weighted by Gasteiger charge is -2.22. The summed E-state index contributed by atoms with van der Waals surface area (Å²) in [6.07, 6.45) is 4.15. The third kappa shape index (κ3) is 8.11. The molecule has 3 unspecified atom stereocenters. The topological polar surface area (TPSA) is 149 Å². The number of aromatic amines is 1. The van der Waals surface area contributed by atoms with E-state index in [2.05, 4.69) is 15.6 Å². The number of carboxylic acid groups (broad SMARTS) is 1. The number of aliphatic carboxylic acids is 1. The number of nitrogens with one attached hydrogen (secondary N) is 3. The van der Waals surface area contributed by atoms with Gasteiger partial charge in [0.05, 0.1) is 12.5 Å². The summed E-state index contributed by atoms with van der Waals surface area (Å²) >= 11 is 1.52. The number of amides is 2. The number of thioether (sulfide) groups is 1. The number of hydrogen-bond acceptors (Lipinski definition) is 6. The Morgan fingerprint density at radius 2 is 1.74 bits per heavy atom. The van der Waals surface area contributed by atoms with E-state index in [4.69, 9.17) is 5.11 Å². The second-order valence-corrected chi connectivity index (χ2v) is 10.2. The summed E-state index contributed by atoms with van der Waals surface area (Å²) in [5, 5.41) is 25.0. The summed E-state index contributed by atoms with van der Waals surface area (Å²) in [6, 6.07) is 12.0. The Kier molecular flexibility index (Phi) is 10.3. The Bertz CT molecular complexity index is 1270. The summed E-state index contributed by atoms with van der Waals surface area (Å²) in [5.41, 5.74) is 2.44. The van der Waals surface area contributed by atoms with Gasteiger partial charge in [-0.05, 0) is 61.1 Å². The number of carboxylic acids is 1. The number of H-pyrrole nitrogens is 1. The molecule has 38 heavy (non-hydrogen) atoms. The predicted molar refractivity (Wildman–Crippen MR) is 147 cm³/mol. The van der Waals surface area contributed by atoms with Crippen LogP contribution in [0.5, 0.6) is 5.75 Å². The van der Waals surface area contributed by atoms with E-state index in [0.717, 1.165) is 22.0 Å². The molecule has 3 atom stereocenters. The van der Waals surface area contributed by atoms with Gasteiger partial charge in [-0.1, -0.05) is 30.3 Å². The lowest BCUT2D eigenvalue weighted by molar-refractivity contribution is -0.142. The Balaban J connectivity index is 1.77. The Morgan fingerprint density at radius 3 is 2.42 bits per heavy atom. The number of carbonyl (C=O) groups is 4. The van der Waals surface area contributed by atoms with Gasteiger partial charge in [0.25, 0.3) is 0 Å². The van der Waals surface area contributed by atoms with Crippen molar-refractivity contribution < 1.29 is 29.4 Å². The molecule has 0 aliphatic carbocycles. The van der Waals surface area contributed by atoms with Crippen LogP contribution in [0.25, 0.3) is 10.9 Å². The van der Waals surface area contributed by atoms with Crippen molar-refractivity contribution in [1.29, 1.82) is 0 Å². The zero-order valence-corrected chi connectivity index (χ0v) is 22.2. The van der Waals surface area contributed by atoms with Gasteiger partial charge in [0.1, 0.15) is 11.8 Å². The molecule has 2 amide bonds. The van der Waals surface area contributed by atoms with E-state index in [1.165, 1.54) is 30.8 Å². The van der Waals surface area contributed by atoms with Gasteiger partial charge in [-0.25, -0.2) is 0 Å². The summed E-state index contributed by atoms with van der Waals surface area (Å²) in [5.74, 6) is -2.36. The van der Waals surface area contributed by atoms with E-state index in [9.17, 15) is 24.3 Å². The highest BCUT2D eigenvalue weighted by molar-refractivity contribution is 7.98. The van der Waals surface area contributed by atoms with Gasteiger partial charge in [-0.15, -0.1) is 0 Å². The van der Waals surface area contributed by atoms with Crippen LogP contribution in [0, 0.1) is 5.92 Å². The van der Waals surface area contributed by atoms with Gasteiger partial charge in [0.15, 0.2) is 5.78 Å². The SMILES string of the molecule is CSCCC(CC(=O)C(Cc1ccc(O)cc1)NC(=O)Cc1c[nH]c2ccccc12)C(=O)NC(C)C(=O)O. The monoisotopic (exact) mass is 539 g/mol. The smallest absolute Gasteiger partial charge is 0.325 e. The van der Waals surface area contributed by atoms with Gasteiger partial charge in [-0.3, -0.25) is 19.2 Å². The maximum absolute atomic E-state index is 13.5. The van der Waals surface area contributed by atoms with Gasteiger partial charge in [0.2, 0.25) is 11.8 Å². The molecule has 0 fully saturated rings. The van der Waals surface area contributed by atoms with Crippen LogP contribution in [0.3, 0.4) is 0 Å². The molecule has 0 radical (unpaired) electrons. The number of rotatable bonds is 14. The molecule has 0 aliphatic heterocycles. The van der Waals surface area contributed by atoms with E-state index < -0.39 is 29.9 Å². The maximum Gasteiger partial charge on any atom is 0.325 e. The van der Waals surface area contributed by atoms with Crippen LogP contribution in [0.1, 0.15) is 30.9 Å². The second kappa shape index (κ2) is 13.7. The largest absolute Gasteiger partial charge is 0.508 e. The van der Waals surface area contributed by atoms with E-state index in [-0.39, 0.29) is 36.7 Å². The van der Waals surface area contributed by atoms with Crippen LogP contribution in [-0.4, -0.2) is 62.9 Å². The lowest BCUT2D eigenvalue weighted by Crippen LogP contribution is -2.46. The van der Waals surface area contributed by atoms with Crippen molar-refractivity contribution >= 4 is 46.2 Å². The van der Waals surface area contributed by atoms with Gasteiger partial charge >= 0.3 is 5.97 Å². The third-order valence-electron chi connectivity index (χ3n) is 6.34. The number of phenols is 1. The minimum Gasteiger partial charge on any atom is -0.508 e. The van der Waals surface area contributed by atoms with E-state index in [1.54, 1.807) is 18.3 Å². The van der Waals surface area contributed by atoms with Crippen LogP contribution in [0.15, 0.2) is 54.7 Å². The molecule has 0 saturated heterocycles. The van der Waals surface area contributed by atoms with Crippen molar-refractivity contribution in [2.45, 2.75) is 44.7 Å². The van der Waals surface area contributed by atoms with Crippen LogP contribution >= 0.6 is 11.8 Å². The third-order valence-corrected chi connectivity index (χ3v) is 6.99. The zero-order valence-electron chi connectivity index (χ0n) is 21.4. The number of para-hydroxylation sites is 1. The van der Waals surface area contributed by atoms with Crippen LogP contribution in [0.2, 0.25) is 0 Å². The summed E-state index contributed by atoms with van der Waals surface area (Å²) in [4.78, 5) is 53.7. The van der Waals surface area contributed by atoms with Crippen LogP contribution < -0.4 is 10.6 Å². The van der Waals surface area contributed by atoms with Crippen molar-refractivity contribution in [1.82, 2.24) is 15.6 Å². The molecular formula is C28H33N3O6S. The number of aromatic nitrogens is 1. The highest BCUT2D eigenvalue weighted by Crippen LogP contribution is 2.20. The number of Topliss-reactive ketones (excluding diaryl/α,β-unsaturated/α-hetero) is 1. The normalized spacial score (nSPS) is 13.4. The summed E-state index contributed by atoms with van der Waals surface area (Å²) in [6.45, 7) is 1.37. The predicted octanol–water partition coefficient (Wildman–Crippen LogP) is 3.06. The fraction of sp³-hybridized carbons (Fsp3) is 0.357. The Labute approximate surface area is 225 Å². The molecule has 10 heteroatoms. The van der Waals surface area contributed by atoms with Crippen LogP contribution in [-0.2, 0) is 32.0 Å². The molecule has 202 valence electrons. The number of phenolic OH excluding ortho intramolecular Hbond substituents is 1. The standard InChI is InChI=1S/C28H33N3O6S/c1-17(28(36)37)30-27(35)19(11-12-38-2)14-25(33)24(13-18-7-9-21(32)10-8-18)31-26(34)15-20-16-29-23-6-4-3-5-22(20)23/h3-10,16-17,19,24,29,32H,11-15H2,1-2H3,(H,30,35)(H,31,34)(H,36,37). The van der Waals surface area contributed by atoms with Crippen molar-refractivity contribution in [2.75, 3.05) is 12.0 Å². The first kappa shape index (κ1) is 28.8. The number of carbonyl (C=O) groups excluding carboxylic acids is 3. The van der Waals surface area contributed by atoms with Gasteiger partial charge in [-0.2, -0.15) is 11.8 Å². The Morgan fingerprint density at radius 1 is 1.03 bits per heavy atom. The first-order valence-electron chi connectivity index (χ1n) is 12.3. The molecule has 3 rings (SSSR count). The molecule has 1 heterocycles. The number of ketones is 1. The van der Waals surface area contributed by atoms with E-state index >= 15 is 0 Å². The molecule has 3 aromatic rings. The summed E-state index contributed by atoms with van der Waals surface area (Å²) in [7, 11) is 0. The first-order chi connectivity index (χ1) is 18.2. The molecule has 0 saturated carbocycles. The first-order valence-corrected chi connectivity index (χ1v) is 13.7. The molecule has 5 N–H and O–H groups in total. The van der Waals surface area contributed by atoms with Crippen molar-refractivity contribution in [3.05, 3.63) is 65.9 Å². The highest BCUT2D eigenvalue weighted by atomic mass is 32.2. The lowest BCUT2D eigenvalue weighted by atomic mass is 9.92. The fourth-order valence-electron chi connectivity index (χ4n) is 4.17. The molecule has 0 spiro atoms. The molecule has 9 nitrogen and oxygen atoms in total. The highest BCUT2D eigenvalue weighted by Gasteiger charge is 2.29. The summed E-state index contributed by atoms with van der Waals surface area (Å²) < 4.78 is 0. The van der Waals surface area contributed by atoms with Gasteiger partial charge in [0, 0.05) is 29.4 Å². The average molecular weight is 540 g/mol. The fourth-order valence-corrected chi connectivity index (χ4v) is 4.69. The molecular weight excluding hydrogens is 506 g/mol. The molecule has 1 aromatic heterocycles. The maximum atomic E-state index is 13.5. The Hall–Kier alpha value is -3.79. The van der Waals surface area contributed by atoms with Gasteiger partial charge < -0.3 is 25.8 Å². The minimum absolute atomic E-state index is 0.0654. The number of aromatic hydroxyl groups is 1. The minimum atomic E-state index is -1.16. The van der Waals surface area contributed by atoms with E-state index in [0.29, 0.717) is 12.2 Å². The number of hydrogen-bond donors (Lipinski definition) is 5. The van der Waals surface area contributed by atoms with Crippen molar-refractivity contribution in [2.24, 2.45) is 5.92 Å². The van der Waals surface area contributed by atoms with Crippen molar-refractivity contribution in [3.8, 4) is 5.75 Å². The zero-order chi connectivity index (χ0) is 27.7. The van der Waals surface area contributed by atoms with Crippen molar-refractivity contribution in [3.63, 3.8) is 0 Å². The average Bonchev–Trinajstić information content (AvgIpc) is 3.29. The molecule has 2 aromatic carbocycles. The second-order valence-electron chi connectivity index (χ2n) is 9.24. The quantitative estimate of drug-likeness (QED) is 0.211. The number of benzene rings is 2. The number of fused-ring (bicyclic) bond motifs is 1.